The van der Waals surface area contributed by atoms with Crippen LogP contribution >= 0.6 is 8.25 Å². The second kappa shape index (κ2) is 7.17. The average Bonchev–Trinajstić information content (AvgIpc) is 3.07. The molecule has 1 saturated heterocycles. The fraction of sp³-hybridized carbons (Fsp3) is 0.789. The third kappa shape index (κ3) is 3.63. The summed E-state index contributed by atoms with van der Waals surface area (Å²) in [7, 11) is -2.16. The predicted molar refractivity (Wildman–Crippen MR) is 102 cm³/mol. The molecule has 4 bridgehead atoms. The van der Waals surface area contributed by atoms with Crippen LogP contribution in [0.15, 0.2) is 17.1 Å². The molecule has 3 atom stereocenters. The first-order valence-electron chi connectivity index (χ1n) is 10.3. The van der Waals surface area contributed by atoms with Gasteiger partial charge >= 0.3 is 13.9 Å². The minimum absolute atomic E-state index is 0.193. The lowest BCUT2D eigenvalue weighted by molar-refractivity contribution is -0.111. The lowest BCUT2D eigenvalue weighted by Crippen LogP contribution is -2.51. The first-order chi connectivity index (χ1) is 13.5. The molecule has 1 aromatic heterocycles. The van der Waals surface area contributed by atoms with Crippen molar-refractivity contribution in [2.24, 2.45) is 17.8 Å². The maximum absolute atomic E-state index is 12.5. The molecule has 0 amide bonds. The van der Waals surface area contributed by atoms with E-state index < -0.39 is 20.2 Å². The van der Waals surface area contributed by atoms with Crippen molar-refractivity contribution in [3.05, 3.63) is 22.7 Å². The van der Waals surface area contributed by atoms with Crippen LogP contribution < -0.4 is 11.4 Å². The third-order valence-corrected chi connectivity index (χ3v) is 7.76. The molecule has 152 valence electrons. The van der Waals surface area contributed by atoms with Gasteiger partial charge in [0.2, 0.25) is 0 Å². The van der Waals surface area contributed by atoms with Crippen LogP contribution in [0.4, 0.5) is 5.82 Å². The van der Waals surface area contributed by atoms with Crippen LogP contribution in [-0.4, -0.2) is 27.9 Å². The lowest BCUT2D eigenvalue weighted by atomic mass is 9.54. The summed E-state index contributed by atoms with van der Waals surface area (Å²) in [4.78, 5) is 15.7. The number of rotatable bonds is 6. The van der Waals surface area contributed by atoms with Gasteiger partial charge in [-0.25, -0.2) is 4.79 Å². The molecule has 1 aromatic rings. The Morgan fingerprint density at radius 1 is 1.21 bits per heavy atom. The summed E-state index contributed by atoms with van der Waals surface area (Å²) in [6.45, 7) is 0.204. The van der Waals surface area contributed by atoms with E-state index >= 15 is 0 Å². The van der Waals surface area contributed by atoms with Gasteiger partial charge in [-0.3, -0.25) is 4.57 Å². The summed E-state index contributed by atoms with van der Waals surface area (Å²) in [6.07, 6.45) is 9.41. The molecule has 6 rings (SSSR count). The van der Waals surface area contributed by atoms with Crippen LogP contribution in [0.1, 0.15) is 57.6 Å². The highest BCUT2D eigenvalue weighted by Crippen LogP contribution is 2.59. The van der Waals surface area contributed by atoms with Crippen LogP contribution in [-0.2, 0) is 18.3 Å². The molecular weight excluding hydrogens is 381 g/mol. The Morgan fingerprint density at radius 3 is 2.54 bits per heavy atom. The van der Waals surface area contributed by atoms with E-state index in [-0.39, 0.29) is 24.1 Å². The van der Waals surface area contributed by atoms with Crippen molar-refractivity contribution in [2.45, 2.75) is 69.3 Å². The molecule has 2 heterocycles. The number of nitrogens with two attached hydrogens (primary N) is 1. The van der Waals surface area contributed by atoms with Gasteiger partial charge in [0.05, 0.1) is 6.10 Å². The maximum atomic E-state index is 12.5. The van der Waals surface area contributed by atoms with Crippen LogP contribution in [0.25, 0.3) is 0 Å². The smallest absolute Gasteiger partial charge is 0.383 e. The molecule has 9 heteroatoms. The molecule has 4 saturated carbocycles. The highest BCUT2D eigenvalue weighted by atomic mass is 31.1. The standard InChI is InChI=1S/C19H26N3O5P/c20-16-3-4-22(18(23)21-16)17-2-1-15(26-17)11-25-28(24)27-19-8-12-5-13(9-19)7-14(6-12)10-19/h3-4,12-15,17H,1-2,5-11H2,(H-,20,21,23)/p+1/t12?,13?,14?,15-,17+,19?/m0/s1. The molecule has 4 aliphatic carbocycles. The molecule has 5 aliphatic rings. The van der Waals surface area contributed by atoms with Gasteiger partial charge in [-0.2, -0.15) is 4.98 Å². The molecule has 1 unspecified atom stereocenters. The van der Waals surface area contributed by atoms with E-state index in [1.807, 2.05) is 0 Å². The largest absolute Gasteiger partial charge is 0.698 e. The minimum atomic E-state index is -2.16. The molecular formula is C19H27N3O5P+. The SMILES string of the molecule is Nc1ccn([C@H]2CC[C@@H](CO[P+](=O)OC34CC5CC(CC(C5)C3)C4)O2)c(=O)n1. The van der Waals surface area contributed by atoms with E-state index in [0.717, 1.165) is 43.4 Å². The molecule has 28 heavy (non-hydrogen) atoms. The molecule has 0 spiro atoms. The third-order valence-electron chi connectivity index (χ3n) is 6.86. The van der Waals surface area contributed by atoms with Crippen LogP contribution in [0, 0.1) is 17.8 Å². The van der Waals surface area contributed by atoms with Gasteiger partial charge in [-0.05, 0) is 75.2 Å². The zero-order chi connectivity index (χ0) is 19.3. The Hall–Kier alpha value is -1.34. The number of nitrogens with zero attached hydrogens (tertiary/aromatic N) is 2. The van der Waals surface area contributed by atoms with Crippen molar-refractivity contribution in [1.82, 2.24) is 9.55 Å². The highest BCUT2D eigenvalue weighted by Gasteiger charge is 2.56. The van der Waals surface area contributed by atoms with Crippen LogP contribution in [0.5, 0.6) is 0 Å². The van der Waals surface area contributed by atoms with Gasteiger partial charge in [0, 0.05) is 10.8 Å². The van der Waals surface area contributed by atoms with E-state index in [2.05, 4.69) is 4.98 Å². The normalized spacial score (nSPS) is 39.4. The first-order valence-corrected chi connectivity index (χ1v) is 11.4. The van der Waals surface area contributed by atoms with Crippen molar-refractivity contribution >= 4 is 14.1 Å². The fourth-order valence-electron chi connectivity index (χ4n) is 6.13. The zero-order valence-electron chi connectivity index (χ0n) is 15.9. The van der Waals surface area contributed by atoms with E-state index in [4.69, 9.17) is 19.5 Å². The highest BCUT2D eigenvalue weighted by molar-refractivity contribution is 7.33. The number of hydrogen-bond acceptors (Lipinski definition) is 7. The molecule has 0 radical (unpaired) electrons. The van der Waals surface area contributed by atoms with E-state index in [0.29, 0.717) is 6.42 Å². The first kappa shape index (κ1) is 18.7. The van der Waals surface area contributed by atoms with Gasteiger partial charge in [-0.1, -0.05) is 0 Å². The summed E-state index contributed by atoms with van der Waals surface area (Å²) in [5, 5.41) is 0. The summed E-state index contributed by atoms with van der Waals surface area (Å²) in [5.74, 6) is 2.40. The Bertz CT molecular complexity index is 793. The van der Waals surface area contributed by atoms with Crippen LogP contribution in [0.2, 0.25) is 0 Å². The van der Waals surface area contributed by atoms with Gasteiger partial charge in [0.1, 0.15) is 24.3 Å². The van der Waals surface area contributed by atoms with Gasteiger partial charge in [0.15, 0.2) is 0 Å². The molecule has 1 aliphatic heterocycles. The summed E-state index contributed by atoms with van der Waals surface area (Å²) < 4.78 is 31.4. The van der Waals surface area contributed by atoms with E-state index in [1.54, 1.807) is 12.3 Å². The number of ether oxygens (including phenoxy) is 1. The second-order valence-corrected chi connectivity index (χ2v) is 9.93. The van der Waals surface area contributed by atoms with Gasteiger partial charge < -0.3 is 10.5 Å². The molecule has 8 nitrogen and oxygen atoms in total. The Morgan fingerprint density at radius 2 is 1.89 bits per heavy atom. The molecule has 2 N–H and O–H groups in total. The fourth-order valence-corrected chi connectivity index (χ4v) is 7.01. The summed E-state index contributed by atoms with van der Waals surface area (Å²) in [6, 6.07) is 1.57. The van der Waals surface area contributed by atoms with E-state index in [9.17, 15) is 9.36 Å². The van der Waals surface area contributed by atoms with Crippen molar-refractivity contribution in [3.8, 4) is 0 Å². The minimum Gasteiger partial charge on any atom is -0.383 e. The Balaban J connectivity index is 1.13. The number of aromatic nitrogens is 2. The average molecular weight is 408 g/mol. The van der Waals surface area contributed by atoms with Crippen molar-refractivity contribution in [2.75, 3.05) is 12.3 Å². The zero-order valence-corrected chi connectivity index (χ0v) is 16.8. The monoisotopic (exact) mass is 408 g/mol. The van der Waals surface area contributed by atoms with Crippen LogP contribution in [0.3, 0.4) is 0 Å². The number of anilines is 1. The summed E-state index contributed by atoms with van der Waals surface area (Å²) >= 11 is 0. The number of hydrogen-bond donors (Lipinski definition) is 1. The van der Waals surface area contributed by atoms with E-state index in [1.165, 1.54) is 23.8 Å². The Kier molecular flexibility index (Phi) is 4.78. The lowest BCUT2D eigenvalue weighted by Gasteiger charge is -2.53. The van der Waals surface area contributed by atoms with Gasteiger partial charge in [0.25, 0.3) is 0 Å². The molecule has 0 aromatic carbocycles. The van der Waals surface area contributed by atoms with Crippen molar-refractivity contribution < 1.29 is 18.3 Å². The Labute approximate surface area is 164 Å². The molecule has 5 fully saturated rings. The summed E-state index contributed by atoms with van der Waals surface area (Å²) in [5.41, 5.74) is 4.87. The van der Waals surface area contributed by atoms with Crippen molar-refractivity contribution in [3.63, 3.8) is 0 Å². The number of nitrogen functional groups attached to an aromatic ring is 1. The van der Waals surface area contributed by atoms with Crippen molar-refractivity contribution in [1.29, 1.82) is 0 Å². The van der Waals surface area contributed by atoms with Gasteiger partial charge in [-0.15, -0.1) is 9.05 Å². The quantitative estimate of drug-likeness (QED) is 0.721. The maximum Gasteiger partial charge on any atom is 0.698 e. The second-order valence-electron chi connectivity index (χ2n) is 9.04. The topological polar surface area (TPSA) is 106 Å². The predicted octanol–water partition coefficient (Wildman–Crippen LogP) is 3.16.